The molecule has 4 aliphatic heterocycles. The predicted molar refractivity (Wildman–Crippen MR) is 310 cm³/mol. The fourth-order valence-corrected chi connectivity index (χ4v) is 9.71. The molecule has 0 radical (unpaired) electrons. The van der Waals surface area contributed by atoms with E-state index in [2.05, 4.69) is 21.3 Å². The van der Waals surface area contributed by atoms with E-state index in [1.807, 2.05) is 26.0 Å². The van der Waals surface area contributed by atoms with Crippen LogP contribution in [0.3, 0.4) is 0 Å². The molecule has 6 aliphatic rings. The average Bonchev–Trinajstić information content (AvgIpc) is 0.801. The summed E-state index contributed by atoms with van der Waals surface area (Å²) in [6.07, 6.45) is -6.11. The van der Waals surface area contributed by atoms with Crippen molar-refractivity contribution in [3.63, 3.8) is 0 Å². The van der Waals surface area contributed by atoms with Crippen molar-refractivity contribution >= 4 is 52.0 Å². The lowest BCUT2D eigenvalue weighted by Crippen LogP contribution is -2.69. The van der Waals surface area contributed by atoms with Crippen LogP contribution >= 0.6 is 0 Å². The molecule has 0 amide bonds. The number of aliphatic hydroxyl groups excluding tert-OH is 4. The highest BCUT2D eigenvalue weighted by Gasteiger charge is 2.53. The van der Waals surface area contributed by atoms with Crippen LogP contribution in [0.15, 0.2) is 23.7 Å². The first-order valence-corrected chi connectivity index (χ1v) is 33.7. The topological polar surface area (TPSA) is 772 Å². The highest BCUT2D eigenvalue weighted by molar-refractivity contribution is 7.80. The van der Waals surface area contributed by atoms with Gasteiger partial charge in [-0.15, -0.1) is 0 Å². The quantitative estimate of drug-likeness (QED) is 0.0638. The van der Waals surface area contributed by atoms with Gasteiger partial charge in [-0.2, -0.15) is 42.1 Å². The molecule has 0 bridgehead atoms. The Bertz CT molecular complexity index is 2460. The molecule has 6 rings (SSSR count). The van der Waals surface area contributed by atoms with Crippen LogP contribution in [-0.4, -0.2) is 305 Å². The van der Waals surface area contributed by atoms with Gasteiger partial charge in [-0.05, 0) is 78.9 Å². The van der Waals surface area contributed by atoms with E-state index < -0.39 is 173 Å². The largest absolute Gasteiger partial charge is 0.467 e. The highest BCUT2D eigenvalue weighted by Crippen LogP contribution is 2.34. The molecule has 22 atom stereocenters. The number of nitrogens with one attached hydrogen (secondary N) is 4. The first kappa shape index (κ1) is 88.5. The van der Waals surface area contributed by atoms with Crippen LogP contribution in [-0.2, 0) is 89.9 Å². The van der Waals surface area contributed by atoms with Crippen LogP contribution in [0, 0.1) is 0 Å². The zero-order valence-electron chi connectivity index (χ0n) is 49.8. The lowest BCUT2D eigenvalue weighted by molar-refractivity contribution is -0.304. The lowest BCUT2D eigenvalue weighted by atomic mass is 9.83. The van der Waals surface area contributed by atoms with Crippen LogP contribution in [0.1, 0.15) is 53.4 Å². The van der Waals surface area contributed by atoms with Crippen molar-refractivity contribution < 1.29 is 156 Å². The maximum atomic E-state index is 11.3. The third kappa shape index (κ3) is 35.9. The van der Waals surface area contributed by atoms with E-state index in [0.29, 0.717) is 50.3 Å². The molecule has 0 spiro atoms. The van der Waals surface area contributed by atoms with Crippen LogP contribution in [0.2, 0.25) is 0 Å². The van der Waals surface area contributed by atoms with Gasteiger partial charge in [0, 0.05) is 24.2 Å². The number of likely N-dealkylation sites (N-methyl/N-ethyl adjacent to an activating group) is 4. The molecule has 544 valence electrons. The van der Waals surface area contributed by atoms with Crippen molar-refractivity contribution in [2.45, 2.75) is 187 Å². The van der Waals surface area contributed by atoms with Gasteiger partial charge in [0.15, 0.2) is 12.6 Å². The molecule has 0 aromatic carbocycles. The van der Waals surface area contributed by atoms with Gasteiger partial charge in [0.25, 0.3) is 0 Å². The summed E-state index contributed by atoms with van der Waals surface area (Å²) in [7, 11) is -20.1. The molecule has 2 aliphatic carbocycles. The standard InChI is InChI=1S/2C21H41N5O7.5H2O4S/c2*1-4-26-13-7-12(24)16(32-19-11(23)6-5-10(8-22)31-19)14(27)17(13)33-20-15(28)18(25-3)21(2,29)9-30-20;5*1-5(2,3)4/h2*5,11-20,25-29H,4,6-9,22-24H2,1-3H3;5*(H2,1,2,3,4)/t2*11?,12-,13+,14-,15+,16+,17-,18+,19?,20+,21-;;;;;/m00...../s1. The van der Waals surface area contributed by atoms with Gasteiger partial charge in [-0.3, -0.25) is 45.5 Å². The van der Waals surface area contributed by atoms with Crippen molar-refractivity contribution in [1.29, 1.82) is 0 Å². The molecule has 4 unspecified atom stereocenters. The van der Waals surface area contributed by atoms with Crippen molar-refractivity contribution in [2.24, 2.45) is 34.4 Å². The summed E-state index contributed by atoms with van der Waals surface area (Å²) in [5.41, 5.74) is 33.9. The molecule has 0 aromatic rings. The molecular formula is C42H92N10O34S5. The Labute approximate surface area is 525 Å². The molecule has 2 saturated carbocycles. The van der Waals surface area contributed by atoms with Crippen LogP contribution in [0.25, 0.3) is 0 Å². The number of hydrogen-bond donors (Lipinski definition) is 26. The Hall–Kier alpha value is -2.45. The highest BCUT2D eigenvalue weighted by atomic mass is 32.3. The van der Waals surface area contributed by atoms with Crippen LogP contribution < -0.4 is 55.7 Å². The van der Waals surface area contributed by atoms with E-state index in [0.717, 1.165) is 0 Å². The Balaban J connectivity index is 0.00000130. The summed E-state index contributed by atoms with van der Waals surface area (Å²) >= 11 is 0. The van der Waals surface area contributed by atoms with Gasteiger partial charge >= 0.3 is 52.0 Å². The van der Waals surface area contributed by atoms with E-state index in [9.17, 15) is 30.6 Å². The molecule has 44 nitrogen and oxygen atoms in total. The number of rotatable bonds is 16. The van der Waals surface area contributed by atoms with Crippen LogP contribution in [0.4, 0.5) is 0 Å². The number of aliphatic hydroxyl groups is 6. The van der Waals surface area contributed by atoms with E-state index in [-0.39, 0.29) is 38.4 Å². The Morgan fingerprint density at radius 1 is 0.473 bits per heavy atom. The van der Waals surface area contributed by atoms with Gasteiger partial charge in [-0.1, -0.05) is 13.8 Å². The third-order valence-electron chi connectivity index (χ3n) is 13.3. The van der Waals surface area contributed by atoms with Gasteiger partial charge in [0.2, 0.25) is 12.6 Å². The normalized spacial score (nSPS) is 36.9. The second-order valence-corrected chi connectivity index (χ2v) is 25.3. The summed E-state index contributed by atoms with van der Waals surface area (Å²) < 4.78 is 205. The zero-order chi connectivity index (χ0) is 71.2. The third-order valence-corrected chi connectivity index (χ3v) is 13.3. The maximum absolute atomic E-state index is 11.3. The fraction of sp³-hybridized carbons (Fsp3) is 0.905. The molecule has 49 heteroatoms. The van der Waals surface area contributed by atoms with Crippen molar-refractivity contribution in [3.05, 3.63) is 23.7 Å². The molecule has 4 heterocycles. The van der Waals surface area contributed by atoms with Gasteiger partial charge < -0.3 is 124 Å². The van der Waals surface area contributed by atoms with E-state index >= 15 is 0 Å². The van der Waals surface area contributed by atoms with Crippen LogP contribution in [0.5, 0.6) is 0 Å². The van der Waals surface area contributed by atoms with Gasteiger partial charge in [0.05, 0.1) is 50.5 Å². The van der Waals surface area contributed by atoms with E-state index in [1.165, 1.54) is 0 Å². The second-order valence-electron chi connectivity index (χ2n) is 20.9. The molecule has 0 aromatic heterocycles. The lowest BCUT2D eigenvalue weighted by Gasteiger charge is -2.49. The number of nitrogens with two attached hydrogens (primary N) is 6. The number of ether oxygens (including phenoxy) is 8. The summed E-state index contributed by atoms with van der Waals surface area (Å²) in [4.78, 5) is 0. The van der Waals surface area contributed by atoms with Gasteiger partial charge in [0.1, 0.15) is 71.6 Å². The smallest absolute Gasteiger partial charge is 0.394 e. The average molecular weight is 1440 g/mol. The molecule has 91 heavy (non-hydrogen) atoms. The van der Waals surface area contributed by atoms with Crippen molar-refractivity contribution in [3.8, 4) is 0 Å². The minimum absolute atomic E-state index is 0.0483. The predicted octanol–water partition coefficient (Wildman–Crippen LogP) is -9.67. The molecule has 4 fully saturated rings. The monoisotopic (exact) mass is 1440 g/mol. The fourth-order valence-electron chi connectivity index (χ4n) is 9.71. The molecular weight excluding hydrogens is 1350 g/mol. The summed E-state index contributed by atoms with van der Waals surface area (Å²) in [5, 5.41) is 77.5. The summed E-state index contributed by atoms with van der Waals surface area (Å²) in [5.74, 6) is 1.14. The zero-order valence-corrected chi connectivity index (χ0v) is 53.9. The van der Waals surface area contributed by atoms with Gasteiger partial charge in [-0.25, -0.2) is 0 Å². The summed E-state index contributed by atoms with van der Waals surface area (Å²) in [6.45, 7) is 8.61. The van der Waals surface area contributed by atoms with Crippen molar-refractivity contribution in [1.82, 2.24) is 21.3 Å². The minimum atomic E-state index is -4.67. The number of hydrogen-bond acceptors (Lipinski definition) is 34. The first-order chi connectivity index (χ1) is 41.2. The summed E-state index contributed by atoms with van der Waals surface area (Å²) in [6, 6.07) is -3.90. The Kier molecular flexibility index (Phi) is 38.0. The van der Waals surface area contributed by atoms with E-state index in [1.54, 1.807) is 27.9 Å². The Morgan fingerprint density at radius 3 is 0.956 bits per heavy atom. The maximum Gasteiger partial charge on any atom is 0.394 e. The van der Waals surface area contributed by atoms with Crippen molar-refractivity contribution in [2.75, 3.05) is 53.5 Å². The molecule has 2 saturated heterocycles. The SMILES string of the molecule is CCN[C@@H]1C[C@H](N)[C@@H](OC2OC(CN)=CCC2N)[C@H](O)[C@H]1O[C@H]1OC[C@](C)(O)[C@H](NC)[C@H]1O.CCN[C@@H]1C[C@H](N)[C@@H](OC2OC(CN)=CCC2N)[C@H](O)[C@H]1O[C@H]1OC[C@](C)(O)[C@H](NC)[C@H]1O.O=S(=O)(O)O.O=S(=O)(O)O.O=S(=O)(O)O.O=S(=O)(O)O.O=S(=O)(O)O. The second kappa shape index (κ2) is 39.1. The van der Waals surface area contributed by atoms with E-state index in [4.69, 9.17) is 160 Å². The Morgan fingerprint density at radius 2 is 0.725 bits per heavy atom. The minimum Gasteiger partial charge on any atom is -0.467 e. The molecule has 32 N–H and O–H groups in total. The first-order valence-electron chi connectivity index (χ1n) is 26.7.